The Labute approximate surface area is 148 Å². The lowest BCUT2D eigenvalue weighted by atomic mass is 10.1. The molecule has 1 heterocycles. The molecule has 7 heteroatoms. The van der Waals surface area contributed by atoms with Crippen molar-refractivity contribution in [2.45, 2.75) is 0 Å². The molecule has 0 radical (unpaired) electrons. The monoisotopic (exact) mass is 355 g/mol. The number of carbonyl (C=O) groups is 1. The van der Waals surface area contributed by atoms with Gasteiger partial charge in [0, 0.05) is 17.2 Å². The largest absolute Gasteiger partial charge is 0.475 e. The molecular formula is C19H15F2N3O2. The van der Waals surface area contributed by atoms with Gasteiger partial charge in [-0.3, -0.25) is 4.79 Å². The van der Waals surface area contributed by atoms with Crippen LogP contribution in [0.5, 0.6) is 5.88 Å². The summed E-state index contributed by atoms with van der Waals surface area (Å²) in [4.78, 5) is 11.8. The topological polar surface area (TPSA) is 64.1 Å². The highest BCUT2D eigenvalue weighted by Gasteiger charge is 2.06. The number of amides is 1. The van der Waals surface area contributed by atoms with Crippen LogP contribution in [0.25, 0.3) is 11.3 Å². The van der Waals surface area contributed by atoms with Crippen LogP contribution in [0, 0.1) is 11.6 Å². The Morgan fingerprint density at radius 3 is 2.46 bits per heavy atom. The molecule has 0 aliphatic heterocycles. The summed E-state index contributed by atoms with van der Waals surface area (Å²) < 4.78 is 31.4. The molecule has 1 amide bonds. The van der Waals surface area contributed by atoms with Crippen LogP contribution >= 0.6 is 0 Å². The first-order valence-electron chi connectivity index (χ1n) is 7.88. The van der Waals surface area contributed by atoms with Crippen molar-refractivity contribution in [2.75, 3.05) is 13.2 Å². The second-order valence-corrected chi connectivity index (χ2v) is 5.38. The number of aromatic nitrogens is 2. The van der Waals surface area contributed by atoms with Crippen molar-refractivity contribution in [1.29, 1.82) is 0 Å². The van der Waals surface area contributed by atoms with Gasteiger partial charge in [-0.15, -0.1) is 10.2 Å². The molecule has 0 aliphatic carbocycles. The fraction of sp³-hybridized carbons (Fsp3) is 0.105. The molecule has 0 unspecified atom stereocenters. The predicted octanol–water partition coefficient (Wildman–Crippen LogP) is 3.23. The van der Waals surface area contributed by atoms with E-state index in [1.54, 1.807) is 24.3 Å². The minimum Gasteiger partial charge on any atom is -0.475 e. The van der Waals surface area contributed by atoms with E-state index in [-0.39, 0.29) is 30.4 Å². The van der Waals surface area contributed by atoms with Gasteiger partial charge in [-0.1, -0.05) is 6.07 Å². The number of hydrogen-bond acceptors (Lipinski definition) is 4. The second kappa shape index (κ2) is 8.15. The average Bonchev–Trinajstić information content (AvgIpc) is 2.66. The molecule has 1 N–H and O–H groups in total. The van der Waals surface area contributed by atoms with Gasteiger partial charge in [-0.2, -0.15) is 0 Å². The molecule has 0 spiro atoms. The molecule has 0 atom stereocenters. The highest BCUT2D eigenvalue weighted by Crippen LogP contribution is 2.18. The summed E-state index contributed by atoms with van der Waals surface area (Å²) >= 11 is 0. The van der Waals surface area contributed by atoms with Crippen molar-refractivity contribution in [2.24, 2.45) is 0 Å². The van der Waals surface area contributed by atoms with Crippen molar-refractivity contribution < 1.29 is 18.3 Å². The fourth-order valence-corrected chi connectivity index (χ4v) is 2.22. The molecule has 3 aromatic rings. The molecule has 0 fully saturated rings. The lowest BCUT2D eigenvalue weighted by molar-refractivity contribution is 0.0946. The number of ether oxygens (including phenoxy) is 1. The van der Waals surface area contributed by atoms with Crippen LogP contribution in [0.15, 0.2) is 60.7 Å². The Bertz CT molecular complexity index is 884. The highest BCUT2D eigenvalue weighted by molar-refractivity contribution is 5.94. The SMILES string of the molecule is O=C(NCCOc1ccc(-c2ccc(F)cc2)nn1)c1cccc(F)c1. The first-order valence-corrected chi connectivity index (χ1v) is 7.88. The van der Waals surface area contributed by atoms with Gasteiger partial charge in [-0.25, -0.2) is 8.78 Å². The number of benzene rings is 2. The van der Waals surface area contributed by atoms with E-state index in [0.29, 0.717) is 11.6 Å². The van der Waals surface area contributed by atoms with E-state index >= 15 is 0 Å². The Kier molecular flexibility index (Phi) is 5.48. The van der Waals surface area contributed by atoms with Crippen LogP contribution < -0.4 is 10.1 Å². The first-order chi connectivity index (χ1) is 12.6. The van der Waals surface area contributed by atoms with Gasteiger partial charge >= 0.3 is 0 Å². The summed E-state index contributed by atoms with van der Waals surface area (Å²) in [6.45, 7) is 0.419. The third kappa shape index (κ3) is 4.60. The molecule has 0 bridgehead atoms. The third-order valence-corrected chi connectivity index (χ3v) is 3.50. The molecule has 132 valence electrons. The van der Waals surface area contributed by atoms with E-state index in [9.17, 15) is 13.6 Å². The summed E-state index contributed by atoms with van der Waals surface area (Å²) in [5, 5.41) is 10.6. The molecule has 3 rings (SSSR count). The quantitative estimate of drug-likeness (QED) is 0.690. The average molecular weight is 355 g/mol. The number of nitrogens with zero attached hydrogens (tertiary/aromatic N) is 2. The normalized spacial score (nSPS) is 10.4. The maximum atomic E-state index is 13.1. The number of nitrogens with one attached hydrogen (secondary N) is 1. The molecule has 0 aliphatic rings. The highest BCUT2D eigenvalue weighted by atomic mass is 19.1. The van der Waals surface area contributed by atoms with Crippen molar-refractivity contribution in [3.05, 3.63) is 77.9 Å². The van der Waals surface area contributed by atoms with E-state index in [1.165, 1.54) is 30.3 Å². The van der Waals surface area contributed by atoms with Crippen LogP contribution in [-0.2, 0) is 0 Å². The summed E-state index contributed by atoms with van der Waals surface area (Å²) in [6.07, 6.45) is 0. The fourth-order valence-electron chi connectivity index (χ4n) is 2.22. The summed E-state index contributed by atoms with van der Waals surface area (Å²) in [7, 11) is 0. The van der Waals surface area contributed by atoms with Gasteiger partial charge in [0.05, 0.1) is 12.2 Å². The Balaban J connectivity index is 1.48. The number of carbonyl (C=O) groups excluding carboxylic acids is 1. The van der Waals surface area contributed by atoms with Crippen LogP contribution in [0.4, 0.5) is 8.78 Å². The van der Waals surface area contributed by atoms with Gasteiger partial charge in [0.25, 0.3) is 5.91 Å². The Hall–Kier alpha value is -3.35. The zero-order chi connectivity index (χ0) is 18.4. The van der Waals surface area contributed by atoms with E-state index < -0.39 is 5.82 Å². The zero-order valence-electron chi connectivity index (χ0n) is 13.7. The molecule has 5 nitrogen and oxygen atoms in total. The van der Waals surface area contributed by atoms with Crippen molar-refractivity contribution in [3.63, 3.8) is 0 Å². The van der Waals surface area contributed by atoms with Gasteiger partial charge < -0.3 is 10.1 Å². The van der Waals surface area contributed by atoms with Crippen molar-refractivity contribution in [3.8, 4) is 17.1 Å². The maximum absolute atomic E-state index is 13.1. The summed E-state index contributed by atoms with van der Waals surface area (Å²) in [5.41, 5.74) is 1.58. The zero-order valence-corrected chi connectivity index (χ0v) is 13.7. The maximum Gasteiger partial charge on any atom is 0.251 e. The van der Waals surface area contributed by atoms with Crippen LogP contribution in [0.1, 0.15) is 10.4 Å². The number of hydrogen-bond donors (Lipinski definition) is 1. The number of halogens is 2. The van der Waals surface area contributed by atoms with Crippen LogP contribution in [-0.4, -0.2) is 29.3 Å². The molecule has 0 saturated carbocycles. The first kappa shape index (κ1) is 17.5. The van der Waals surface area contributed by atoms with E-state index in [2.05, 4.69) is 15.5 Å². The summed E-state index contributed by atoms with van der Waals surface area (Å²) in [6, 6.07) is 14.7. The predicted molar refractivity (Wildman–Crippen MR) is 91.7 cm³/mol. The van der Waals surface area contributed by atoms with Gasteiger partial charge in [0.1, 0.15) is 18.2 Å². The minimum absolute atomic E-state index is 0.186. The smallest absolute Gasteiger partial charge is 0.251 e. The van der Waals surface area contributed by atoms with Crippen LogP contribution in [0.2, 0.25) is 0 Å². The lowest BCUT2D eigenvalue weighted by Gasteiger charge is -2.07. The third-order valence-electron chi connectivity index (χ3n) is 3.50. The number of rotatable bonds is 6. The summed E-state index contributed by atoms with van der Waals surface area (Å²) in [5.74, 6) is -0.867. The van der Waals surface area contributed by atoms with Gasteiger partial charge in [-0.05, 0) is 48.5 Å². The van der Waals surface area contributed by atoms with E-state index in [0.717, 1.165) is 11.6 Å². The van der Waals surface area contributed by atoms with E-state index in [4.69, 9.17) is 4.74 Å². The standard InChI is InChI=1S/C19H15F2N3O2/c20-15-6-4-13(5-7-15)17-8-9-18(24-23-17)26-11-10-22-19(25)14-2-1-3-16(21)12-14/h1-9,12H,10-11H2,(H,22,25). The lowest BCUT2D eigenvalue weighted by Crippen LogP contribution is -2.28. The molecule has 1 aromatic heterocycles. The molecule has 0 saturated heterocycles. The van der Waals surface area contributed by atoms with Gasteiger partial charge in [0.15, 0.2) is 0 Å². The molecule has 2 aromatic carbocycles. The van der Waals surface area contributed by atoms with Gasteiger partial charge in [0.2, 0.25) is 5.88 Å². The van der Waals surface area contributed by atoms with Crippen LogP contribution in [0.3, 0.4) is 0 Å². The van der Waals surface area contributed by atoms with Crippen molar-refractivity contribution >= 4 is 5.91 Å². The van der Waals surface area contributed by atoms with Crippen molar-refractivity contribution in [1.82, 2.24) is 15.5 Å². The Morgan fingerprint density at radius 1 is 0.962 bits per heavy atom. The molecule has 26 heavy (non-hydrogen) atoms. The molecular weight excluding hydrogens is 340 g/mol. The minimum atomic E-state index is -0.467. The Morgan fingerprint density at radius 2 is 1.77 bits per heavy atom. The van der Waals surface area contributed by atoms with E-state index in [1.807, 2.05) is 0 Å². The second-order valence-electron chi connectivity index (χ2n) is 5.38.